The summed E-state index contributed by atoms with van der Waals surface area (Å²) in [6.07, 6.45) is 0.331. The molecular weight excluding hydrogens is 273 g/mol. The van der Waals surface area contributed by atoms with Gasteiger partial charge in [-0.2, -0.15) is 0 Å². The highest BCUT2D eigenvalue weighted by Gasteiger charge is 2.12. The van der Waals surface area contributed by atoms with Gasteiger partial charge in [-0.15, -0.1) is 0 Å². The summed E-state index contributed by atoms with van der Waals surface area (Å²) in [6, 6.07) is 7.44. The predicted octanol–water partition coefficient (Wildman–Crippen LogP) is 2.71. The molecular formula is C16H14FNO3. The second kappa shape index (κ2) is 6.73. The van der Waals surface area contributed by atoms with E-state index in [4.69, 9.17) is 9.52 Å². The maximum atomic E-state index is 13.9. The number of hydrogen-bond donors (Lipinski definition) is 2. The van der Waals surface area contributed by atoms with Crippen LogP contribution in [0.4, 0.5) is 10.1 Å². The van der Waals surface area contributed by atoms with Gasteiger partial charge in [0.25, 0.3) is 5.91 Å². The standard InChI is InChI=1S/C16H14FNO3/c1-11-5-8-15(21-11)16(20)18-14-7-6-12(10-13(14)17)4-2-3-9-19/h5-8,10,19H,3,9H2,1H3,(H,18,20). The first-order valence-corrected chi connectivity index (χ1v) is 6.37. The van der Waals surface area contributed by atoms with Crippen LogP contribution in [0.3, 0.4) is 0 Å². The van der Waals surface area contributed by atoms with Crippen LogP contribution in [0.5, 0.6) is 0 Å². The molecule has 1 aromatic heterocycles. The van der Waals surface area contributed by atoms with Crippen molar-refractivity contribution in [3.8, 4) is 11.8 Å². The van der Waals surface area contributed by atoms with Crippen LogP contribution in [0.15, 0.2) is 34.7 Å². The van der Waals surface area contributed by atoms with Crippen LogP contribution >= 0.6 is 0 Å². The first-order chi connectivity index (χ1) is 10.1. The molecule has 0 fully saturated rings. The number of aliphatic hydroxyl groups is 1. The average Bonchev–Trinajstić information content (AvgIpc) is 2.89. The molecule has 2 rings (SSSR count). The molecule has 0 aliphatic rings. The Kier molecular flexibility index (Phi) is 4.75. The van der Waals surface area contributed by atoms with Gasteiger partial charge < -0.3 is 14.8 Å². The largest absolute Gasteiger partial charge is 0.456 e. The first-order valence-electron chi connectivity index (χ1n) is 6.37. The normalized spacial score (nSPS) is 9.86. The third-order valence-corrected chi connectivity index (χ3v) is 2.65. The number of anilines is 1. The Morgan fingerprint density at radius 2 is 2.19 bits per heavy atom. The zero-order chi connectivity index (χ0) is 15.2. The van der Waals surface area contributed by atoms with E-state index in [1.165, 1.54) is 18.2 Å². The van der Waals surface area contributed by atoms with Crippen LogP contribution in [-0.2, 0) is 0 Å². The number of halogens is 1. The van der Waals surface area contributed by atoms with Gasteiger partial charge in [0.1, 0.15) is 11.6 Å². The van der Waals surface area contributed by atoms with Crippen molar-refractivity contribution in [1.82, 2.24) is 0 Å². The summed E-state index contributed by atoms with van der Waals surface area (Å²) in [6.45, 7) is 1.68. The number of carbonyl (C=O) groups excluding carboxylic acids is 1. The molecule has 1 heterocycles. The molecule has 21 heavy (non-hydrogen) atoms. The van der Waals surface area contributed by atoms with Gasteiger partial charge in [-0.25, -0.2) is 4.39 Å². The molecule has 0 saturated carbocycles. The molecule has 2 N–H and O–H groups in total. The van der Waals surface area contributed by atoms with E-state index in [9.17, 15) is 9.18 Å². The van der Waals surface area contributed by atoms with E-state index in [1.807, 2.05) is 0 Å². The lowest BCUT2D eigenvalue weighted by Gasteiger charge is -2.05. The first kappa shape index (κ1) is 14.8. The Bertz CT molecular complexity index is 710. The lowest BCUT2D eigenvalue weighted by atomic mass is 10.2. The number of amides is 1. The fourth-order valence-electron chi connectivity index (χ4n) is 1.66. The van der Waals surface area contributed by atoms with E-state index in [2.05, 4.69) is 17.2 Å². The molecule has 0 bridgehead atoms. The maximum absolute atomic E-state index is 13.9. The van der Waals surface area contributed by atoms with Crippen molar-refractivity contribution in [3.05, 3.63) is 53.2 Å². The smallest absolute Gasteiger partial charge is 0.291 e. The molecule has 5 heteroatoms. The van der Waals surface area contributed by atoms with Crippen molar-refractivity contribution in [2.45, 2.75) is 13.3 Å². The minimum Gasteiger partial charge on any atom is -0.456 e. The number of aryl methyl sites for hydroxylation is 1. The van der Waals surface area contributed by atoms with Crippen LogP contribution in [0.2, 0.25) is 0 Å². The molecule has 0 radical (unpaired) electrons. The minimum absolute atomic E-state index is 0.0355. The van der Waals surface area contributed by atoms with Crippen molar-refractivity contribution < 1.29 is 18.7 Å². The van der Waals surface area contributed by atoms with Gasteiger partial charge in [0.15, 0.2) is 5.76 Å². The molecule has 0 aliphatic carbocycles. The Hall–Kier alpha value is -2.58. The van der Waals surface area contributed by atoms with E-state index < -0.39 is 11.7 Å². The Morgan fingerprint density at radius 1 is 1.38 bits per heavy atom. The summed E-state index contributed by atoms with van der Waals surface area (Å²) in [5.41, 5.74) is 0.537. The number of rotatable bonds is 3. The van der Waals surface area contributed by atoms with Gasteiger partial charge in [-0.3, -0.25) is 4.79 Å². The molecule has 0 aliphatic heterocycles. The summed E-state index contributed by atoms with van der Waals surface area (Å²) in [5, 5.41) is 11.1. The zero-order valence-corrected chi connectivity index (χ0v) is 11.4. The summed E-state index contributed by atoms with van der Waals surface area (Å²) in [5.74, 6) is 5.06. The minimum atomic E-state index is -0.581. The summed E-state index contributed by atoms with van der Waals surface area (Å²) in [7, 11) is 0. The van der Waals surface area contributed by atoms with E-state index in [-0.39, 0.29) is 18.1 Å². The quantitative estimate of drug-likeness (QED) is 0.853. The summed E-state index contributed by atoms with van der Waals surface area (Å²) < 4.78 is 19.0. The fraction of sp³-hybridized carbons (Fsp3) is 0.188. The van der Waals surface area contributed by atoms with Crippen LogP contribution in [0, 0.1) is 24.6 Å². The lowest BCUT2D eigenvalue weighted by molar-refractivity contribution is 0.0995. The topological polar surface area (TPSA) is 62.5 Å². The number of nitrogens with one attached hydrogen (secondary N) is 1. The van der Waals surface area contributed by atoms with Crippen LogP contribution in [0.1, 0.15) is 28.3 Å². The second-order valence-electron chi connectivity index (χ2n) is 4.33. The van der Waals surface area contributed by atoms with Crippen molar-refractivity contribution in [2.24, 2.45) is 0 Å². The van der Waals surface area contributed by atoms with E-state index in [0.29, 0.717) is 17.7 Å². The van der Waals surface area contributed by atoms with Crippen LogP contribution in [0.25, 0.3) is 0 Å². The monoisotopic (exact) mass is 287 g/mol. The Balaban J connectivity index is 2.11. The van der Waals surface area contributed by atoms with Gasteiger partial charge in [0.2, 0.25) is 0 Å². The SMILES string of the molecule is Cc1ccc(C(=O)Nc2ccc(C#CCCO)cc2F)o1. The number of benzene rings is 1. The maximum Gasteiger partial charge on any atom is 0.291 e. The highest BCUT2D eigenvalue weighted by Crippen LogP contribution is 2.17. The van der Waals surface area contributed by atoms with E-state index in [1.54, 1.807) is 19.1 Å². The van der Waals surface area contributed by atoms with Crippen LogP contribution in [-0.4, -0.2) is 17.6 Å². The van der Waals surface area contributed by atoms with Crippen molar-refractivity contribution in [2.75, 3.05) is 11.9 Å². The van der Waals surface area contributed by atoms with Crippen molar-refractivity contribution in [1.29, 1.82) is 0 Å². The molecule has 1 aromatic carbocycles. The van der Waals surface area contributed by atoms with Gasteiger partial charge in [0, 0.05) is 12.0 Å². The van der Waals surface area contributed by atoms with E-state index >= 15 is 0 Å². The Labute approximate surface area is 121 Å². The van der Waals surface area contributed by atoms with Crippen molar-refractivity contribution in [3.63, 3.8) is 0 Å². The van der Waals surface area contributed by atoms with Crippen molar-refractivity contribution >= 4 is 11.6 Å². The predicted molar refractivity (Wildman–Crippen MR) is 76.4 cm³/mol. The van der Waals surface area contributed by atoms with Gasteiger partial charge in [-0.05, 0) is 37.3 Å². The molecule has 4 nitrogen and oxygen atoms in total. The van der Waals surface area contributed by atoms with E-state index in [0.717, 1.165) is 0 Å². The number of aliphatic hydroxyl groups excluding tert-OH is 1. The number of hydrogen-bond acceptors (Lipinski definition) is 3. The summed E-state index contributed by atoms with van der Waals surface area (Å²) in [4.78, 5) is 11.8. The third-order valence-electron chi connectivity index (χ3n) is 2.65. The number of carbonyl (C=O) groups is 1. The molecule has 0 saturated heterocycles. The zero-order valence-electron chi connectivity index (χ0n) is 11.4. The molecule has 0 spiro atoms. The second-order valence-corrected chi connectivity index (χ2v) is 4.33. The van der Waals surface area contributed by atoms with Crippen LogP contribution < -0.4 is 5.32 Å². The molecule has 1 amide bonds. The molecule has 0 atom stereocenters. The average molecular weight is 287 g/mol. The highest BCUT2D eigenvalue weighted by molar-refractivity contribution is 6.02. The third kappa shape index (κ3) is 3.94. The molecule has 0 unspecified atom stereocenters. The van der Waals surface area contributed by atoms with Gasteiger partial charge >= 0.3 is 0 Å². The summed E-state index contributed by atoms with van der Waals surface area (Å²) >= 11 is 0. The highest BCUT2D eigenvalue weighted by atomic mass is 19.1. The molecule has 108 valence electrons. The van der Waals surface area contributed by atoms with Gasteiger partial charge in [-0.1, -0.05) is 11.8 Å². The Morgan fingerprint density at radius 3 is 2.81 bits per heavy atom. The lowest BCUT2D eigenvalue weighted by Crippen LogP contribution is -2.12. The number of furan rings is 1. The molecule has 2 aromatic rings. The van der Waals surface area contributed by atoms with Gasteiger partial charge in [0.05, 0.1) is 12.3 Å². The fourth-order valence-corrected chi connectivity index (χ4v) is 1.66.